The fourth-order valence-electron chi connectivity index (χ4n) is 5.49. The lowest BCUT2D eigenvalue weighted by molar-refractivity contribution is 0.0336. The van der Waals surface area contributed by atoms with Crippen LogP contribution in [-0.2, 0) is 9.16 Å². The molecule has 0 unspecified atom stereocenters. The number of benzene rings is 1. The third kappa shape index (κ3) is 7.56. The number of alkyl carbamates (subject to hydrolysis) is 1. The van der Waals surface area contributed by atoms with Crippen molar-refractivity contribution in [3.05, 3.63) is 66.6 Å². The van der Waals surface area contributed by atoms with Crippen molar-refractivity contribution in [1.82, 2.24) is 24.9 Å². The Labute approximate surface area is 276 Å². The van der Waals surface area contributed by atoms with Gasteiger partial charge in [-0.15, -0.1) is 0 Å². The zero-order chi connectivity index (χ0) is 34.3. The first kappa shape index (κ1) is 34.2. The maximum absolute atomic E-state index is 14.6. The lowest BCUT2D eigenvalue weighted by atomic mass is 9.92. The lowest BCUT2D eigenvalue weighted by Gasteiger charge is -2.48. The van der Waals surface area contributed by atoms with E-state index in [1.54, 1.807) is 30.7 Å². The summed E-state index contributed by atoms with van der Waals surface area (Å²) >= 11 is 0. The van der Waals surface area contributed by atoms with Gasteiger partial charge in [-0.3, -0.25) is 4.98 Å². The molecule has 47 heavy (non-hydrogen) atoms. The molecule has 1 saturated heterocycles. The molecule has 3 atom stereocenters. The fourth-order valence-corrected chi connectivity index (χ4v) is 6.92. The highest BCUT2D eigenvalue weighted by molar-refractivity contribution is 6.74. The Bertz CT molecular complexity index is 1730. The summed E-state index contributed by atoms with van der Waals surface area (Å²) in [5, 5.41) is 11.0. The average Bonchev–Trinajstić information content (AvgIpc) is 3.35. The molecule has 4 heterocycles. The Morgan fingerprint density at radius 3 is 2.36 bits per heavy atom. The predicted molar refractivity (Wildman–Crippen MR) is 182 cm³/mol. The van der Waals surface area contributed by atoms with Gasteiger partial charge >= 0.3 is 6.09 Å². The van der Waals surface area contributed by atoms with Crippen LogP contribution in [0.1, 0.15) is 48.5 Å². The maximum atomic E-state index is 14.6. The average molecular weight is 666 g/mol. The Balaban J connectivity index is 1.46. The molecule has 13 heteroatoms. The van der Waals surface area contributed by atoms with Crippen molar-refractivity contribution >= 4 is 37.3 Å². The molecule has 0 spiro atoms. The minimum absolute atomic E-state index is 0.0125. The molecule has 5 rings (SSSR count). The number of nitrogens with zero attached hydrogens (tertiary/aromatic N) is 5. The van der Waals surface area contributed by atoms with Crippen LogP contribution in [0.2, 0.25) is 18.1 Å². The van der Waals surface area contributed by atoms with Crippen LogP contribution in [0.15, 0.2) is 55.0 Å². The van der Waals surface area contributed by atoms with E-state index in [0.717, 1.165) is 5.69 Å². The van der Waals surface area contributed by atoms with Crippen LogP contribution in [0.4, 0.5) is 30.9 Å². The molecule has 4 aromatic rings. The standard InChI is InChI=1S/C34H45F2N7O3Si/c1-21-19-42(20-27(40-32(44)45-33(2,3)4)30(21)46-47(8,9)34(5,6)7)28-15-16-37-18-26(28)39-31-38-17-22-13-14-25(41-43(22)31)29-23(35)11-10-12-24(29)36/h10-18,21,27,30H,19-20H2,1-9H3,(H,38,39)(H,40,44)/t21-,27+,30+/m0/s1. The number of ether oxygens (including phenoxy) is 1. The van der Waals surface area contributed by atoms with Gasteiger partial charge in [-0.2, -0.15) is 9.61 Å². The second-order valence-electron chi connectivity index (χ2n) is 14.7. The number of piperidine rings is 1. The van der Waals surface area contributed by atoms with Crippen LogP contribution in [-0.4, -0.2) is 64.8 Å². The number of rotatable bonds is 7. The van der Waals surface area contributed by atoms with E-state index in [4.69, 9.17) is 9.16 Å². The number of halogens is 2. The summed E-state index contributed by atoms with van der Waals surface area (Å²) < 4.78 is 43.3. The molecule has 0 saturated carbocycles. The van der Waals surface area contributed by atoms with Crippen molar-refractivity contribution < 1.29 is 22.7 Å². The normalized spacial score (nSPS) is 19.1. The Hall–Kier alpha value is -4.10. The summed E-state index contributed by atoms with van der Waals surface area (Å²) in [6.45, 7) is 19.8. The topological polar surface area (TPSA) is 106 Å². The van der Waals surface area contributed by atoms with E-state index in [2.05, 4.69) is 71.4 Å². The summed E-state index contributed by atoms with van der Waals surface area (Å²) in [4.78, 5) is 24.1. The predicted octanol–water partition coefficient (Wildman–Crippen LogP) is 7.55. The molecule has 10 nitrogen and oxygen atoms in total. The van der Waals surface area contributed by atoms with Gasteiger partial charge in [0.2, 0.25) is 5.95 Å². The van der Waals surface area contributed by atoms with Gasteiger partial charge in [-0.1, -0.05) is 33.8 Å². The zero-order valence-electron chi connectivity index (χ0n) is 28.6. The van der Waals surface area contributed by atoms with Gasteiger partial charge in [0.15, 0.2) is 8.32 Å². The highest BCUT2D eigenvalue weighted by atomic mass is 28.4. The number of hydrogen-bond acceptors (Lipinski definition) is 8. The summed E-state index contributed by atoms with van der Waals surface area (Å²) in [5.74, 6) is -1.01. The number of carbonyl (C=O) groups is 1. The van der Waals surface area contributed by atoms with Crippen LogP contribution in [0, 0.1) is 17.6 Å². The van der Waals surface area contributed by atoms with Crippen LogP contribution < -0.4 is 15.5 Å². The first-order valence-electron chi connectivity index (χ1n) is 15.9. The Morgan fingerprint density at radius 1 is 1.00 bits per heavy atom. The monoisotopic (exact) mass is 665 g/mol. The minimum Gasteiger partial charge on any atom is -0.444 e. The lowest BCUT2D eigenvalue weighted by Crippen LogP contribution is -2.62. The van der Waals surface area contributed by atoms with E-state index in [1.807, 2.05) is 26.8 Å². The van der Waals surface area contributed by atoms with Crippen LogP contribution in [0.3, 0.4) is 0 Å². The highest BCUT2D eigenvalue weighted by Crippen LogP contribution is 2.40. The van der Waals surface area contributed by atoms with Crippen molar-refractivity contribution in [3.63, 3.8) is 0 Å². The van der Waals surface area contributed by atoms with Crippen LogP contribution in [0.5, 0.6) is 0 Å². The molecule has 2 N–H and O–H groups in total. The van der Waals surface area contributed by atoms with Crippen molar-refractivity contribution in [2.45, 2.75) is 84.3 Å². The first-order chi connectivity index (χ1) is 21.9. The molecule has 252 valence electrons. The SMILES string of the molecule is C[C@H]1CN(c2ccncc2Nc2ncc3ccc(-c4c(F)cccc4F)nn23)C[C@@H](NC(=O)OC(C)(C)C)[C@@H]1O[Si](C)(C)C(C)(C)C. The molecule has 0 aliphatic carbocycles. The number of fused-ring (bicyclic) bond motifs is 1. The summed E-state index contributed by atoms with van der Waals surface area (Å²) in [6, 6.07) is 8.52. The van der Waals surface area contributed by atoms with Gasteiger partial charge in [0.25, 0.3) is 0 Å². The van der Waals surface area contributed by atoms with Crippen molar-refractivity contribution in [1.29, 1.82) is 0 Å². The van der Waals surface area contributed by atoms with Gasteiger partial charge in [0, 0.05) is 25.2 Å². The van der Waals surface area contributed by atoms with Crippen molar-refractivity contribution in [2.24, 2.45) is 5.92 Å². The van der Waals surface area contributed by atoms with E-state index in [-0.39, 0.29) is 34.4 Å². The number of hydrogen-bond donors (Lipinski definition) is 2. The molecule has 3 aromatic heterocycles. The fraction of sp³-hybridized carbons (Fsp3) is 0.471. The molecule has 1 aliphatic heterocycles. The van der Waals surface area contributed by atoms with E-state index in [0.29, 0.717) is 30.2 Å². The van der Waals surface area contributed by atoms with E-state index in [1.165, 1.54) is 22.7 Å². The first-order valence-corrected chi connectivity index (χ1v) is 18.8. The van der Waals surface area contributed by atoms with Gasteiger partial charge in [0.05, 0.1) is 52.7 Å². The minimum atomic E-state index is -2.19. The Kier molecular flexibility index (Phi) is 9.35. The quantitative estimate of drug-likeness (QED) is 0.195. The van der Waals surface area contributed by atoms with E-state index >= 15 is 0 Å². The van der Waals surface area contributed by atoms with E-state index < -0.39 is 31.6 Å². The third-order valence-electron chi connectivity index (χ3n) is 8.81. The zero-order valence-corrected chi connectivity index (χ0v) is 29.6. The number of nitrogens with one attached hydrogen (secondary N) is 2. The number of imidazole rings is 1. The number of anilines is 3. The Morgan fingerprint density at radius 2 is 1.70 bits per heavy atom. The molecule has 1 amide bonds. The highest BCUT2D eigenvalue weighted by Gasteiger charge is 2.45. The van der Waals surface area contributed by atoms with Crippen LogP contribution >= 0.6 is 0 Å². The smallest absolute Gasteiger partial charge is 0.408 e. The van der Waals surface area contributed by atoms with Gasteiger partial charge in [0.1, 0.15) is 17.2 Å². The molecule has 1 fully saturated rings. The van der Waals surface area contributed by atoms with Gasteiger partial charge in [-0.05, 0) is 69.2 Å². The molecule has 1 aliphatic rings. The summed E-state index contributed by atoms with van der Waals surface area (Å²) in [7, 11) is -2.19. The maximum Gasteiger partial charge on any atom is 0.408 e. The third-order valence-corrected chi connectivity index (χ3v) is 13.3. The summed E-state index contributed by atoms with van der Waals surface area (Å²) in [6.07, 6.45) is 4.30. The van der Waals surface area contributed by atoms with Crippen molar-refractivity contribution in [3.8, 4) is 11.3 Å². The second-order valence-corrected chi connectivity index (χ2v) is 19.5. The number of aromatic nitrogens is 4. The number of amides is 1. The number of carbonyl (C=O) groups excluding carboxylic acids is 1. The van der Waals surface area contributed by atoms with Crippen molar-refractivity contribution in [2.75, 3.05) is 23.3 Å². The largest absolute Gasteiger partial charge is 0.444 e. The van der Waals surface area contributed by atoms with Crippen LogP contribution in [0.25, 0.3) is 16.8 Å². The second kappa shape index (κ2) is 12.8. The molecule has 0 bridgehead atoms. The number of pyridine rings is 1. The molecular formula is C34H45F2N7O3Si. The molecule has 0 radical (unpaired) electrons. The molecule has 1 aromatic carbocycles. The van der Waals surface area contributed by atoms with E-state index in [9.17, 15) is 13.6 Å². The summed E-state index contributed by atoms with van der Waals surface area (Å²) in [5.41, 5.74) is 1.39. The van der Waals surface area contributed by atoms with Gasteiger partial charge in [-0.25, -0.2) is 18.6 Å². The molecular weight excluding hydrogens is 621 g/mol. The van der Waals surface area contributed by atoms with Gasteiger partial charge < -0.3 is 24.7 Å².